The van der Waals surface area contributed by atoms with E-state index in [9.17, 15) is 13.2 Å². The summed E-state index contributed by atoms with van der Waals surface area (Å²) in [5.41, 5.74) is 4.16. The van der Waals surface area contributed by atoms with E-state index in [4.69, 9.17) is 0 Å². The maximum atomic E-state index is 13.0. The van der Waals surface area contributed by atoms with Gasteiger partial charge in [0.2, 0.25) is 0 Å². The molecule has 30 heavy (non-hydrogen) atoms. The van der Waals surface area contributed by atoms with Crippen molar-refractivity contribution in [3.63, 3.8) is 0 Å². The van der Waals surface area contributed by atoms with Gasteiger partial charge in [0.15, 0.2) is 0 Å². The van der Waals surface area contributed by atoms with Crippen LogP contribution in [0.2, 0.25) is 0 Å². The summed E-state index contributed by atoms with van der Waals surface area (Å²) in [6.07, 6.45) is 1.53. The lowest BCUT2D eigenvalue weighted by Crippen LogP contribution is -2.31. The molecule has 0 saturated carbocycles. The lowest BCUT2D eigenvalue weighted by atomic mass is 10.2. The molecule has 2 heterocycles. The van der Waals surface area contributed by atoms with Gasteiger partial charge in [-0.15, -0.1) is 0 Å². The molecule has 4 aromatic rings. The maximum Gasteiger partial charge on any atom is 0.266 e. The first-order valence-corrected chi connectivity index (χ1v) is 10.9. The largest absolute Gasteiger partial charge is 0.318 e. The van der Waals surface area contributed by atoms with Crippen LogP contribution in [0.3, 0.4) is 0 Å². The molecule has 0 spiro atoms. The molecular formula is C23H21N3O3S. The number of benzene rings is 2. The first-order valence-electron chi connectivity index (χ1n) is 9.45. The van der Waals surface area contributed by atoms with Crippen LogP contribution in [0, 0.1) is 20.8 Å². The summed E-state index contributed by atoms with van der Waals surface area (Å²) in [4.78, 5) is 17.1. The number of nitrogens with zero attached hydrogens (tertiary/aromatic N) is 2. The van der Waals surface area contributed by atoms with E-state index in [0.29, 0.717) is 22.2 Å². The molecule has 4 rings (SSSR count). The first-order chi connectivity index (χ1) is 14.3. The van der Waals surface area contributed by atoms with Gasteiger partial charge in [0.05, 0.1) is 11.1 Å². The minimum Gasteiger partial charge on any atom is -0.318 e. The van der Waals surface area contributed by atoms with Crippen molar-refractivity contribution in [2.75, 3.05) is 0 Å². The fourth-order valence-corrected chi connectivity index (χ4v) is 4.83. The second kappa shape index (κ2) is 7.42. The zero-order valence-electron chi connectivity index (χ0n) is 16.9. The molecule has 0 atom stereocenters. The van der Waals surface area contributed by atoms with Gasteiger partial charge in [-0.25, -0.2) is 13.1 Å². The molecular weight excluding hydrogens is 398 g/mol. The molecule has 6 nitrogen and oxygen atoms in total. The Morgan fingerprint density at radius 3 is 2.47 bits per heavy atom. The van der Waals surface area contributed by atoms with Crippen molar-refractivity contribution in [1.82, 2.24) is 14.3 Å². The minimum absolute atomic E-state index is 0.0264. The number of aryl methyl sites for hydroxylation is 2. The Hall–Kier alpha value is -3.45. The Labute approximate surface area is 175 Å². The molecule has 0 radical (unpaired) electrons. The lowest BCUT2D eigenvalue weighted by Gasteiger charge is -2.11. The van der Waals surface area contributed by atoms with Crippen molar-refractivity contribution < 1.29 is 13.2 Å². The molecule has 0 aliphatic heterocycles. The summed E-state index contributed by atoms with van der Waals surface area (Å²) in [7, 11) is -4.10. The normalized spacial score (nSPS) is 11.6. The second-order valence-corrected chi connectivity index (χ2v) is 8.88. The van der Waals surface area contributed by atoms with Crippen LogP contribution in [0.15, 0.2) is 71.8 Å². The van der Waals surface area contributed by atoms with E-state index in [2.05, 4.69) is 9.71 Å². The molecule has 0 unspecified atom stereocenters. The van der Waals surface area contributed by atoms with Gasteiger partial charge in [0, 0.05) is 28.7 Å². The quantitative estimate of drug-likeness (QED) is 0.541. The number of rotatable bonds is 4. The number of nitrogens with one attached hydrogen (secondary N) is 1. The molecule has 1 N–H and O–H groups in total. The van der Waals surface area contributed by atoms with Crippen molar-refractivity contribution in [2.45, 2.75) is 25.7 Å². The Bertz CT molecular complexity index is 1380. The molecule has 0 aliphatic carbocycles. The van der Waals surface area contributed by atoms with Crippen molar-refractivity contribution in [1.29, 1.82) is 0 Å². The third-order valence-corrected chi connectivity index (χ3v) is 6.41. The first kappa shape index (κ1) is 19.8. The number of carbonyl (C=O) groups is 1. The Morgan fingerprint density at radius 2 is 1.70 bits per heavy atom. The number of para-hydroxylation sites is 1. The van der Waals surface area contributed by atoms with Crippen LogP contribution in [0.1, 0.15) is 27.3 Å². The third-order valence-electron chi connectivity index (χ3n) is 5.05. The van der Waals surface area contributed by atoms with Crippen LogP contribution in [0.4, 0.5) is 0 Å². The van der Waals surface area contributed by atoms with Gasteiger partial charge >= 0.3 is 0 Å². The maximum absolute atomic E-state index is 13.0. The van der Waals surface area contributed by atoms with Crippen LogP contribution in [-0.2, 0) is 10.0 Å². The average Bonchev–Trinajstić information content (AvgIpc) is 3.01. The second-order valence-electron chi connectivity index (χ2n) is 7.23. The van der Waals surface area contributed by atoms with Gasteiger partial charge in [-0.3, -0.25) is 9.78 Å². The van der Waals surface area contributed by atoms with E-state index in [1.54, 1.807) is 37.3 Å². The van der Waals surface area contributed by atoms with Gasteiger partial charge in [-0.2, -0.15) is 0 Å². The van der Waals surface area contributed by atoms with Crippen LogP contribution in [0.5, 0.6) is 0 Å². The molecule has 0 fully saturated rings. The van der Waals surface area contributed by atoms with Gasteiger partial charge in [0.25, 0.3) is 15.9 Å². The highest BCUT2D eigenvalue weighted by Gasteiger charge is 2.24. The van der Waals surface area contributed by atoms with E-state index < -0.39 is 15.9 Å². The fraction of sp³-hybridized carbons (Fsp3) is 0.130. The molecule has 2 aromatic heterocycles. The van der Waals surface area contributed by atoms with Crippen LogP contribution < -0.4 is 4.72 Å². The summed E-state index contributed by atoms with van der Waals surface area (Å²) in [5, 5.41) is 0.686. The fourth-order valence-electron chi connectivity index (χ4n) is 3.68. The van der Waals surface area contributed by atoms with Crippen molar-refractivity contribution in [3.8, 4) is 5.69 Å². The lowest BCUT2D eigenvalue weighted by molar-refractivity contribution is 0.0981. The molecule has 7 heteroatoms. The van der Waals surface area contributed by atoms with Crippen LogP contribution in [-0.4, -0.2) is 23.9 Å². The number of aromatic nitrogens is 2. The van der Waals surface area contributed by atoms with Crippen molar-refractivity contribution >= 4 is 26.8 Å². The van der Waals surface area contributed by atoms with E-state index >= 15 is 0 Å². The summed E-state index contributed by atoms with van der Waals surface area (Å²) in [5.74, 6) is -0.671. The highest BCUT2D eigenvalue weighted by Crippen LogP contribution is 2.24. The third kappa shape index (κ3) is 3.48. The molecule has 0 saturated heterocycles. The van der Waals surface area contributed by atoms with Crippen molar-refractivity contribution in [2.24, 2.45) is 0 Å². The Kier molecular flexibility index (Phi) is 4.91. The number of fused-ring (bicyclic) bond motifs is 1. The van der Waals surface area contributed by atoms with Crippen LogP contribution in [0.25, 0.3) is 16.6 Å². The SMILES string of the molecule is Cc1cccc(-n2c(C)cc(C(=O)NS(=O)(=O)c3cccc4cccnc34)c2C)c1. The topological polar surface area (TPSA) is 81.1 Å². The van der Waals surface area contributed by atoms with E-state index in [0.717, 1.165) is 16.9 Å². The van der Waals surface area contributed by atoms with E-state index in [1.807, 2.05) is 42.7 Å². The van der Waals surface area contributed by atoms with Gasteiger partial charge in [-0.05, 0) is 56.7 Å². The highest BCUT2D eigenvalue weighted by atomic mass is 32.2. The van der Waals surface area contributed by atoms with E-state index in [-0.39, 0.29) is 4.90 Å². The molecule has 1 amide bonds. The van der Waals surface area contributed by atoms with Crippen LogP contribution >= 0.6 is 0 Å². The summed E-state index contributed by atoms with van der Waals surface area (Å²) in [6, 6.07) is 18.0. The number of hydrogen-bond donors (Lipinski definition) is 1. The van der Waals surface area contributed by atoms with Gasteiger partial charge in [-0.1, -0.05) is 30.3 Å². The molecule has 152 valence electrons. The number of pyridine rings is 1. The van der Waals surface area contributed by atoms with E-state index in [1.165, 1.54) is 12.3 Å². The van der Waals surface area contributed by atoms with Gasteiger partial charge in [0.1, 0.15) is 4.90 Å². The predicted molar refractivity (Wildman–Crippen MR) is 116 cm³/mol. The summed E-state index contributed by atoms with van der Waals surface area (Å²) < 4.78 is 30.1. The smallest absolute Gasteiger partial charge is 0.266 e. The van der Waals surface area contributed by atoms with Gasteiger partial charge < -0.3 is 4.57 Å². The number of sulfonamides is 1. The number of carbonyl (C=O) groups excluding carboxylic acids is 1. The molecule has 0 bridgehead atoms. The minimum atomic E-state index is -4.10. The Morgan fingerprint density at radius 1 is 0.967 bits per heavy atom. The molecule has 0 aliphatic rings. The van der Waals surface area contributed by atoms with Crippen molar-refractivity contribution in [3.05, 3.63) is 89.4 Å². The standard InChI is InChI=1S/C23H21N3O3S/c1-15-7-4-10-19(13-15)26-16(2)14-20(17(26)3)23(27)25-30(28,29)21-11-5-8-18-9-6-12-24-22(18)21/h4-14H,1-3H3,(H,25,27). The zero-order chi connectivity index (χ0) is 21.5. The predicted octanol–water partition coefficient (Wildman–Crippen LogP) is 4.07. The number of amides is 1. The molecule has 2 aromatic carbocycles. The summed E-state index contributed by atoms with van der Waals surface area (Å²) in [6.45, 7) is 5.68. The zero-order valence-corrected chi connectivity index (χ0v) is 17.7. The average molecular weight is 420 g/mol. The Balaban J connectivity index is 1.71. The summed E-state index contributed by atoms with van der Waals surface area (Å²) >= 11 is 0. The number of hydrogen-bond acceptors (Lipinski definition) is 4. The highest BCUT2D eigenvalue weighted by molar-refractivity contribution is 7.90. The monoisotopic (exact) mass is 419 g/mol.